The van der Waals surface area contributed by atoms with Crippen LogP contribution in [0.1, 0.15) is 5.76 Å². The predicted octanol–water partition coefficient (Wildman–Crippen LogP) is 6.38. The third-order valence-electron chi connectivity index (χ3n) is 3.96. The summed E-state index contributed by atoms with van der Waals surface area (Å²) >= 11 is 7.27. The molecule has 0 saturated carbocycles. The molecule has 28 heavy (non-hydrogen) atoms. The molecule has 1 N–H and O–H groups in total. The number of thiazole rings is 1. The first-order chi connectivity index (χ1) is 13.7. The zero-order valence-electron chi connectivity index (χ0n) is 14.6. The van der Waals surface area contributed by atoms with Crippen molar-refractivity contribution >= 4 is 40.1 Å². The molecule has 0 aliphatic carbocycles. The van der Waals surface area contributed by atoms with Crippen LogP contribution in [0.3, 0.4) is 0 Å². The Labute approximate surface area is 171 Å². The minimum Gasteiger partial charge on any atom is -0.457 e. The van der Waals surface area contributed by atoms with Crippen LogP contribution < -0.4 is 5.32 Å². The molecule has 2 aromatic carbocycles. The van der Waals surface area contributed by atoms with Crippen molar-refractivity contribution in [2.45, 2.75) is 0 Å². The van der Waals surface area contributed by atoms with Crippen molar-refractivity contribution in [1.82, 2.24) is 4.98 Å². The van der Waals surface area contributed by atoms with E-state index < -0.39 is 0 Å². The lowest BCUT2D eigenvalue weighted by atomic mass is 10.2. The Morgan fingerprint density at radius 1 is 1.00 bits per heavy atom. The van der Waals surface area contributed by atoms with E-state index in [1.807, 2.05) is 72.1 Å². The molecular weight excluding hydrogens is 392 g/mol. The number of carbonyl (C=O) groups excluding carboxylic acids is 1. The number of aromatic nitrogens is 1. The summed E-state index contributed by atoms with van der Waals surface area (Å²) < 4.78 is 5.75. The average molecular weight is 407 g/mol. The van der Waals surface area contributed by atoms with Gasteiger partial charge in [-0.1, -0.05) is 54.1 Å². The van der Waals surface area contributed by atoms with E-state index in [-0.39, 0.29) is 5.91 Å². The minimum absolute atomic E-state index is 0.269. The number of nitrogens with one attached hydrogen (secondary N) is 1. The molecule has 138 valence electrons. The third kappa shape index (κ3) is 4.39. The van der Waals surface area contributed by atoms with Gasteiger partial charge in [-0.2, -0.15) is 0 Å². The monoisotopic (exact) mass is 406 g/mol. The molecule has 0 radical (unpaired) electrons. The van der Waals surface area contributed by atoms with Gasteiger partial charge in [-0.15, -0.1) is 11.3 Å². The van der Waals surface area contributed by atoms with Crippen molar-refractivity contribution in [1.29, 1.82) is 0 Å². The van der Waals surface area contributed by atoms with Crippen molar-refractivity contribution in [3.63, 3.8) is 0 Å². The molecule has 0 bridgehead atoms. The number of rotatable bonds is 5. The molecule has 2 heterocycles. The van der Waals surface area contributed by atoms with Gasteiger partial charge in [0.25, 0.3) is 0 Å². The van der Waals surface area contributed by atoms with Crippen LogP contribution >= 0.6 is 22.9 Å². The van der Waals surface area contributed by atoms with Gasteiger partial charge in [0.15, 0.2) is 5.13 Å². The Morgan fingerprint density at radius 2 is 1.79 bits per heavy atom. The van der Waals surface area contributed by atoms with E-state index in [1.165, 1.54) is 17.4 Å². The summed E-state index contributed by atoms with van der Waals surface area (Å²) in [6, 6.07) is 20.9. The summed E-state index contributed by atoms with van der Waals surface area (Å²) in [4.78, 5) is 16.6. The van der Waals surface area contributed by atoms with Gasteiger partial charge in [0.05, 0.1) is 5.69 Å². The summed E-state index contributed by atoms with van der Waals surface area (Å²) in [6.45, 7) is 0. The van der Waals surface area contributed by atoms with Crippen LogP contribution in [-0.2, 0) is 4.79 Å². The van der Waals surface area contributed by atoms with Gasteiger partial charge >= 0.3 is 0 Å². The standard InChI is InChI=1S/C22H15ClN2O2S/c23-17-8-6-15(7-9-17)19-14-28-22(24-19)25-21(26)13-11-18-10-12-20(27-18)16-4-2-1-3-5-16/h1-14H,(H,24,25,26)/b13-11+. The highest BCUT2D eigenvalue weighted by Crippen LogP contribution is 2.26. The molecule has 0 atom stereocenters. The number of nitrogens with zero attached hydrogens (tertiary/aromatic N) is 1. The summed E-state index contributed by atoms with van der Waals surface area (Å²) in [5, 5.41) is 5.86. The van der Waals surface area contributed by atoms with Gasteiger partial charge in [0.2, 0.25) is 5.91 Å². The SMILES string of the molecule is O=C(/C=C/c1ccc(-c2ccccc2)o1)Nc1nc(-c2ccc(Cl)cc2)cs1. The molecular formula is C22H15ClN2O2S. The Bertz CT molecular complexity index is 1110. The van der Waals surface area contributed by atoms with Crippen molar-refractivity contribution in [2.75, 3.05) is 5.32 Å². The van der Waals surface area contributed by atoms with Crippen molar-refractivity contribution in [2.24, 2.45) is 0 Å². The zero-order valence-corrected chi connectivity index (χ0v) is 16.2. The number of carbonyl (C=O) groups is 1. The van der Waals surface area contributed by atoms with Crippen LogP contribution in [0, 0.1) is 0 Å². The summed E-state index contributed by atoms with van der Waals surface area (Å²) in [5.41, 5.74) is 2.73. The summed E-state index contributed by atoms with van der Waals surface area (Å²) in [5.74, 6) is 1.10. The van der Waals surface area contributed by atoms with E-state index in [2.05, 4.69) is 10.3 Å². The molecule has 0 fully saturated rings. The molecule has 0 spiro atoms. The molecule has 4 aromatic rings. The van der Waals surface area contributed by atoms with Crippen LogP contribution in [0.2, 0.25) is 5.02 Å². The van der Waals surface area contributed by atoms with Gasteiger partial charge in [-0.3, -0.25) is 10.1 Å². The van der Waals surface area contributed by atoms with E-state index in [9.17, 15) is 4.79 Å². The number of anilines is 1. The van der Waals surface area contributed by atoms with Gasteiger partial charge in [0, 0.05) is 27.6 Å². The van der Waals surface area contributed by atoms with Gasteiger partial charge < -0.3 is 4.42 Å². The average Bonchev–Trinajstić information content (AvgIpc) is 3.37. The number of benzene rings is 2. The fraction of sp³-hybridized carbons (Fsp3) is 0. The van der Waals surface area contributed by atoms with Crippen LogP contribution in [-0.4, -0.2) is 10.9 Å². The van der Waals surface area contributed by atoms with Gasteiger partial charge in [0.1, 0.15) is 11.5 Å². The second-order valence-electron chi connectivity index (χ2n) is 5.94. The third-order valence-corrected chi connectivity index (χ3v) is 4.97. The normalized spacial score (nSPS) is 11.0. The molecule has 0 saturated heterocycles. The second-order valence-corrected chi connectivity index (χ2v) is 7.23. The first kappa shape index (κ1) is 18.2. The molecule has 0 aliphatic rings. The Kier molecular flexibility index (Phi) is 5.37. The maximum Gasteiger partial charge on any atom is 0.250 e. The van der Waals surface area contributed by atoms with Gasteiger partial charge in [-0.25, -0.2) is 4.98 Å². The minimum atomic E-state index is -0.269. The fourth-order valence-corrected chi connectivity index (χ4v) is 3.44. The lowest BCUT2D eigenvalue weighted by Gasteiger charge is -1.97. The van der Waals surface area contributed by atoms with Crippen molar-refractivity contribution in [3.8, 4) is 22.6 Å². The number of halogens is 1. The Balaban J connectivity index is 1.39. The van der Waals surface area contributed by atoms with E-state index in [1.54, 1.807) is 6.08 Å². The first-order valence-corrected chi connectivity index (χ1v) is 9.79. The quantitative estimate of drug-likeness (QED) is 0.391. The topological polar surface area (TPSA) is 55.1 Å². The predicted molar refractivity (Wildman–Crippen MR) is 114 cm³/mol. The van der Waals surface area contributed by atoms with Crippen LogP contribution in [0.5, 0.6) is 0 Å². The lowest BCUT2D eigenvalue weighted by molar-refractivity contribution is -0.111. The van der Waals surface area contributed by atoms with Crippen LogP contribution in [0.4, 0.5) is 5.13 Å². The maximum absolute atomic E-state index is 12.2. The molecule has 6 heteroatoms. The largest absolute Gasteiger partial charge is 0.457 e. The lowest BCUT2D eigenvalue weighted by Crippen LogP contribution is -2.07. The van der Waals surface area contributed by atoms with E-state index in [0.717, 1.165) is 22.6 Å². The first-order valence-electron chi connectivity index (χ1n) is 8.53. The molecule has 4 rings (SSSR count). The molecule has 4 nitrogen and oxygen atoms in total. The van der Waals surface area contributed by atoms with E-state index in [4.69, 9.17) is 16.0 Å². The van der Waals surface area contributed by atoms with Crippen molar-refractivity contribution < 1.29 is 9.21 Å². The van der Waals surface area contributed by atoms with Gasteiger partial charge in [-0.05, 0) is 30.3 Å². The highest BCUT2D eigenvalue weighted by atomic mass is 35.5. The van der Waals surface area contributed by atoms with E-state index >= 15 is 0 Å². The summed E-state index contributed by atoms with van der Waals surface area (Å²) in [6.07, 6.45) is 3.06. The zero-order chi connectivity index (χ0) is 19.3. The smallest absolute Gasteiger partial charge is 0.250 e. The fourth-order valence-electron chi connectivity index (χ4n) is 2.59. The molecule has 0 aliphatic heterocycles. The Hall–Kier alpha value is -3.15. The van der Waals surface area contributed by atoms with E-state index in [0.29, 0.717) is 15.9 Å². The van der Waals surface area contributed by atoms with Crippen LogP contribution in [0.15, 0.2) is 82.6 Å². The highest BCUT2D eigenvalue weighted by Gasteiger charge is 2.07. The van der Waals surface area contributed by atoms with Crippen LogP contribution in [0.25, 0.3) is 28.7 Å². The molecule has 1 amide bonds. The number of hydrogen-bond acceptors (Lipinski definition) is 4. The highest BCUT2D eigenvalue weighted by molar-refractivity contribution is 7.14. The molecule has 2 aromatic heterocycles. The maximum atomic E-state index is 12.2. The summed E-state index contributed by atoms with van der Waals surface area (Å²) in [7, 11) is 0. The number of furan rings is 1. The number of hydrogen-bond donors (Lipinski definition) is 1. The van der Waals surface area contributed by atoms with Crippen molar-refractivity contribution in [3.05, 3.63) is 89.0 Å². The second kappa shape index (κ2) is 8.25. The number of amides is 1. The molecule has 0 unspecified atom stereocenters. The Morgan fingerprint density at radius 3 is 2.57 bits per heavy atom.